The van der Waals surface area contributed by atoms with E-state index in [2.05, 4.69) is 84.6 Å². The van der Waals surface area contributed by atoms with Gasteiger partial charge in [0.05, 0.1) is 26.4 Å². The van der Waals surface area contributed by atoms with E-state index in [-0.39, 0.29) is 0 Å². The van der Waals surface area contributed by atoms with Gasteiger partial charge in [-0.15, -0.1) is 0 Å². The molecule has 0 aliphatic carbocycles. The van der Waals surface area contributed by atoms with Crippen LogP contribution in [0.1, 0.15) is 51.9 Å². The minimum Gasteiger partial charge on any atom is -0.494 e. The Hall–Kier alpha value is -2.82. The molecule has 1 heterocycles. The number of rotatable bonds is 16. The van der Waals surface area contributed by atoms with Crippen LogP contribution < -0.4 is 9.64 Å². The first-order chi connectivity index (χ1) is 17.8. The second-order valence-corrected chi connectivity index (χ2v) is 9.87. The van der Waals surface area contributed by atoms with Gasteiger partial charge in [-0.1, -0.05) is 69.0 Å². The molecule has 1 saturated heterocycles. The average molecular weight is 488 g/mol. The summed E-state index contributed by atoms with van der Waals surface area (Å²) in [6, 6.07) is 29.4. The van der Waals surface area contributed by atoms with Crippen molar-refractivity contribution in [3.05, 3.63) is 84.9 Å². The third kappa shape index (κ3) is 7.59. The standard InChI is InChI=1S/C32H41NO3/c1-2-32(26-35-27-32)25-34-23-13-5-3-4-6-14-24-36-31-21-19-30(20-22-31)33(28-15-9-7-10-16-28)29-17-11-8-12-18-29/h7-12,15-22H,2-6,13-14,23-27H2,1H3. The molecule has 0 aromatic heterocycles. The molecule has 4 heteroatoms. The SMILES string of the molecule is CCC1(COCCCCCCCCOc2ccc(N(c3ccccc3)c3ccccc3)cc2)COC1. The third-order valence-corrected chi connectivity index (χ3v) is 7.05. The molecule has 4 rings (SSSR count). The summed E-state index contributed by atoms with van der Waals surface area (Å²) >= 11 is 0. The van der Waals surface area contributed by atoms with E-state index in [0.29, 0.717) is 5.41 Å². The Morgan fingerprint density at radius 2 is 1.19 bits per heavy atom. The van der Waals surface area contributed by atoms with Crippen LogP contribution in [0.4, 0.5) is 17.1 Å². The van der Waals surface area contributed by atoms with Crippen LogP contribution in [0.5, 0.6) is 5.75 Å². The molecule has 1 fully saturated rings. The lowest BCUT2D eigenvalue weighted by Crippen LogP contribution is -2.45. The average Bonchev–Trinajstić information content (AvgIpc) is 2.91. The molecule has 0 atom stereocenters. The highest BCUT2D eigenvalue weighted by Gasteiger charge is 2.36. The zero-order valence-corrected chi connectivity index (χ0v) is 21.7. The number of anilines is 3. The van der Waals surface area contributed by atoms with E-state index in [4.69, 9.17) is 14.2 Å². The monoisotopic (exact) mass is 487 g/mol. The summed E-state index contributed by atoms with van der Waals surface area (Å²) in [6.45, 7) is 6.48. The number of para-hydroxylation sites is 2. The van der Waals surface area contributed by atoms with E-state index in [1.54, 1.807) is 0 Å². The van der Waals surface area contributed by atoms with Crippen LogP contribution >= 0.6 is 0 Å². The van der Waals surface area contributed by atoms with E-state index in [1.165, 1.54) is 25.7 Å². The first-order valence-corrected chi connectivity index (χ1v) is 13.6. The van der Waals surface area contributed by atoms with Gasteiger partial charge in [-0.05, 0) is 67.8 Å². The highest BCUT2D eigenvalue weighted by atomic mass is 16.5. The summed E-state index contributed by atoms with van der Waals surface area (Å²) in [6.07, 6.45) is 8.40. The first kappa shape index (κ1) is 26.2. The summed E-state index contributed by atoms with van der Waals surface area (Å²) in [7, 11) is 0. The zero-order valence-electron chi connectivity index (χ0n) is 21.7. The van der Waals surface area contributed by atoms with Crippen molar-refractivity contribution in [2.45, 2.75) is 51.9 Å². The molecule has 0 radical (unpaired) electrons. The molecular weight excluding hydrogens is 446 g/mol. The van der Waals surface area contributed by atoms with Crippen LogP contribution in [0.3, 0.4) is 0 Å². The zero-order chi connectivity index (χ0) is 24.9. The largest absolute Gasteiger partial charge is 0.494 e. The summed E-state index contributed by atoms with van der Waals surface area (Å²) in [5.74, 6) is 0.929. The second kappa shape index (κ2) is 14.1. The molecule has 0 N–H and O–H groups in total. The van der Waals surface area contributed by atoms with Crippen LogP contribution in [-0.4, -0.2) is 33.0 Å². The topological polar surface area (TPSA) is 30.9 Å². The molecule has 36 heavy (non-hydrogen) atoms. The lowest BCUT2D eigenvalue weighted by Gasteiger charge is -2.40. The fraction of sp³-hybridized carbons (Fsp3) is 0.438. The molecule has 0 unspecified atom stereocenters. The number of benzene rings is 3. The van der Waals surface area contributed by atoms with Crippen molar-refractivity contribution in [2.75, 3.05) is 37.9 Å². The third-order valence-electron chi connectivity index (χ3n) is 7.05. The maximum Gasteiger partial charge on any atom is 0.119 e. The maximum atomic E-state index is 6.02. The van der Waals surface area contributed by atoms with Gasteiger partial charge in [-0.25, -0.2) is 0 Å². The molecule has 3 aromatic rings. The highest BCUT2D eigenvalue weighted by Crippen LogP contribution is 2.35. The Labute approximate surface area is 217 Å². The summed E-state index contributed by atoms with van der Waals surface area (Å²) in [4.78, 5) is 2.26. The highest BCUT2D eigenvalue weighted by molar-refractivity contribution is 5.76. The van der Waals surface area contributed by atoms with Gasteiger partial charge in [0.25, 0.3) is 0 Å². The normalized spacial score (nSPS) is 14.2. The minimum atomic E-state index is 0.309. The van der Waals surface area contributed by atoms with Crippen molar-refractivity contribution in [1.82, 2.24) is 0 Å². The smallest absolute Gasteiger partial charge is 0.119 e. The van der Waals surface area contributed by atoms with Gasteiger partial charge in [0.2, 0.25) is 0 Å². The van der Waals surface area contributed by atoms with E-state index in [9.17, 15) is 0 Å². The number of unbranched alkanes of at least 4 members (excludes halogenated alkanes) is 5. The molecule has 1 aliphatic rings. The van der Waals surface area contributed by atoms with Gasteiger partial charge in [0.1, 0.15) is 5.75 Å². The lowest BCUT2D eigenvalue weighted by molar-refractivity contribution is -0.150. The quantitative estimate of drug-likeness (QED) is 0.190. The number of hydrogen-bond acceptors (Lipinski definition) is 4. The summed E-state index contributed by atoms with van der Waals surface area (Å²) < 4.78 is 17.3. The van der Waals surface area contributed by atoms with Crippen molar-refractivity contribution in [1.29, 1.82) is 0 Å². The van der Waals surface area contributed by atoms with Crippen molar-refractivity contribution < 1.29 is 14.2 Å². The van der Waals surface area contributed by atoms with Crippen LogP contribution in [0.2, 0.25) is 0 Å². The van der Waals surface area contributed by atoms with Gasteiger partial charge in [-0.3, -0.25) is 0 Å². The number of nitrogens with zero attached hydrogens (tertiary/aromatic N) is 1. The summed E-state index contributed by atoms with van der Waals surface area (Å²) in [5.41, 5.74) is 3.71. The fourth-order valence-electron chi connectivity index (χ4n) is 4.57. The molecule has 192 valence electrons. The second-order valence-electron chi connectivity index (χ2n) is 9.87. The molecule has 1 aliphatic heterocycles. The lowest BCUT2D eigenvalue weighted by atomic mass is 9.84. The van der Waals surface area contributed by atoms with Crippen molar-refractivity contribution in [3.63, 3.8) is 0 Å². The molecular formula is C32H41NO3. The Morgan fingerprint density at radius 1 is 0.667 bits per heavy atom. The Kier molecular flexibility index (Phi) is 10.2. The molecule has 3 aromatic carbocycles. The minimum absolute atomic E-state index is 0.309. The fourth-order valence-corrected chi connectivity index (χ4v) is 4.57. The molecule has 0 saturated carbocycles. The number of ether oxygens (including phenoxy) is 3. The summed E-state index contributed by atoms with van der Waals surface area (Å²) in [5, 5.41) is 0. The van der Waals surface area contributed by atoms with Gasteiger partial charge in [0, 0.05) is 29.1 Å². The van der Waals surface area contributed by atoms with Crippen molar-refractivity contribution in [2.24, 2.45) is 5.41 Å². The van der Waals surface area contributed by atoms with Gasteiger partial charge >= 0.3 is 0 Å². The van der Waals surface area contributed by atoms with Crippen LogP contribution in [-0.2, 0) is 9.47 Å². The molecule has 0 spiro atoms. The van der Waals surface area contributed by atoms with Gasteiger partial charge in [0.15, 0.2) is 0 Å². The van der Waals surface area contributed by atoms with Crippen molar-refractivity contribution in [3.8, 4) is 5.75 Å². The van der Waals surface area contributed by atoms with E-state index >= 15 is 0 Å². The first-order valence-electron chi connectivity index (χ1n) is 13.6. The van der Waals surface area contributed by atoms with Crippen LogP contribution in [0.15, 0.2) is 84.9 Å². The van der Waals surface area contributed by atoms with E-state index in [1.807, 2.05) is 12.1 Å². The van der Waals surface area contributed by atoms with Crippen LogP contribution in [0.25, 0.3) is 0 Å². The van der Waals surface area contributed by atoms with Crippen molar-refractivity contribution >= 4 is 17.1 Å². The van der Waals surface area contributed by atoms with Crippen LogP contribution in [0, 0.1) is 5.41 Å². The predicted octanol–water partition coefficient (Wildman–Crippen LogP) is 8.32. The Morgan fingerprint density at radius 3 is 1.72 bits per heavy atom. The maximum absolute atomic E-state index is 6.02. The van der Waals surface area contributed by atoms with Gasteiger partial charge in [-0.2, -0.15) is 0 Å². The number of hydrogen-bond donors (Lipinski definition) is 0. The Balaban J connectivity index is 1.12. The van der Waals surface area contributed by atoms with E-state index < -0.39 is 0 Å². The van der Waals surface area contributed by atoms with E-state index in [0.717, 1.165) is 75.1 Å². The predicted molar refractivity (Wildman–Crippen MR) is 149 cm³/mol. The van der Waals surface area contributed by atoms with Gasteiger partial charge < -0.3 is 19.1 Å². The molecule has 0 bridgehead atoms. The Bertz CT molecular complexity index is 942. The molecule has 4 nitrogen and oxygen atoms in total. The molecule has 0 amide bonds.